The van der Waals surface area contributed by atoms with Gasteiger partial charge in [0, 0.05) is 26.8 Å². The first-order valence-electron chi connectivity index (χ1n) is 8.35. The molecule has 0 saturated carbocycles. The summed E-state index contributed by atoms with van der Waals surface area (Å²) in [5.41, 5.74) is -0.502. The number of amides is 1. The lowest BCUT2D eigenvalue weighted by atomic mass is 9.76. The maximum Gasteiger partial charge on any atom is 0.311 e. The van der Waals surface area contributed by atoms with E-state index in [-0.39, 0.29) is 18.9 Å². The minimum atomic E-state index is -0.952. The van der Waals surface area contributed by atoms with Gasteiger partial charge >= 0.3 is 5.97 Å². The lowest BCUT2D eigenvalue weighted by molar-refractivity contribution is -0.155. The van der Waals surface area contributed by atoms with Gasteiger partial charge in [0.25, 0.3) is 0 Å². The Kier molecular flexibility index (Phi) is 6.36. The largest absolute Gasteiger partial charge is 0.505 e. The van der Waals surface area contributed by atoms with Gasteiger partial charge in [0.15, 0.2) is 11.6 Å². The highest BCUT2D eigenvalue weighted by atomic mass is 19.1. The molecule has 1 aromatic carbocycles. The van der Waals surface area contributed by atoms with E-state index >= 15 is 0 Å². The van der Waals surface area contributed by atoms with Crippen LogP contribution in [0.15, 0.2) is 18.2 Å². The van der Waals surface area contributed by atoms with Gasteiger partial charge in [0.1, 0.15) is 0 Å². The van der Waals surface area contributed by atoms with E-state index in [1.807, 2.05) is 0 Å². The predicted octanol–water partition coefficient (Wildman–Crippen LogP) is 2.19. The summed E-state index contributed by atoms with van der Waals surface area (Å²) in [6.45, 7) is 1.14. The molecule has 0 aromatic heterocycles. The highest BCUT2D eigenvalue weighted by molar-refractivity contribution is 5.81. The Bertz CT molecular complexity index is 636. The van der Waals surface area contributed by atoms with Crippen molar-refractivity contribution in [2.24, 2.45) is 5.41 Å². The van der Waals surface area contributed by atoms with Crippen LogP contribution in [0.2, 0.25) is 0 Å². The number of piperidine rings is 1. The fourth-order valence-corrected chi connectivity index (χ4v) is 3.33. The molecule has 6 nitrogen and oxygen atoms in total. The minimum absolute atomic E-state index is 0.0228. The summed E-state index contributed by atoms with van der Waals surface area (Å²) in [5.74, 6) is -2.36. The van der Waals surface area contributed by atoms with E-state index in [0.29, 0.717) is 44.4 Å². The van der Waals surface area contributed by atoms with E-state index in [4.69, 9.17) is 4.74 Å². The number of likely N-dealkylation sites (tertiary alicyclic amines) is 1. The SMILES string of the molecule is COCCC[C@]1(C(=O)O)CCCN(C(=O)Cc2ccc(O)c(F)c2)C1. The average molecular weight is 353 g/mol. The summed E-state index contributed by atoms with van der Waals surface area (Å²) in [4.78, 5) is 25.9. The molecule has 1 saturated heterocycles. The molecule has 0 bridgehead atoms. The number of aromatic hydroxyl groups is 1. The van der Waals surface area contributed by atoms with Crippen molar-refractivity contribution in [3.05, 3.63) is 29.6 Å². The van der Waals surface area contributed by atoms with E-state index < -0.39 is 23.0 Å². The normalized spacial score (nSPS) is 20.5. The van der Waals surface area contributed by atoms with Crippen LogP contribution in [0, 0.1) is 11.2 Å². The number of phenolic OH excluding ortho intramolecular Hbond substituents is 1. The van der Waals surface area contributed by atoms with Crippen molar-refractivity contribution >= 4 is 11.9 Å². The maximum absolute atomic E-state index is 13.4. The third-order valence-electron chi connectivity index (χ3n) is 4.75. The van der Waals surface area contributed by atoms with Crippen LogP contribution >= 0.6 is 0 Å². The van der Waals surface area contributed by atoms with Crippen LogP contribution in [-0.2, 0) is 20.7 Å². The molecule has 1 aromatic rings. The highest BCUT2D eigenvalue weighted by Crippen LogP contribution is 2.35. The van der Waals surface area contributed by atoms with Crippen LogP contribution in [0.25, 0.3) is 0 Å². The van der Waals surface area contributed by atoms with E-state index in [1.165, 1.54) is 12.1 Å². The van der Waals surface area contributed by atoms with Crippen molar-refractivity contribution < 1.29 is 28.9 Å². The van der Waals surface area contributed by atoms with Crippen molar-refractivity contribution in [3.63, 3.8) is 0 Å². The van der Waals surface area contributed by atoms with Gasteiger partial charge < -0.3 is 19.8 Å². The van der Waals surface area contributed by atoms with E-state index in [9.17, 15) is 24.2 Å². The Morgan fingerprint density at radius 2 is 2.16 bits per heavy atom. The molecule has 1 aliphatic heterocycles. The summed E-state index contributed by atoms with van der Waals surface area (Å²) >= 11 is 0. The first-order valence-corrected chi connectivity index (χ1v) is 8.35. The zero-order valence-corrected chi connectivity index (χ0v) is 14.3. The fourth-order valence-electron chi connectivity index (χ4n) is 3.33. The number of carbonyl (C=O) groups excluding carboxylic acids is 1. The summed E-state index contributed by atoms with van der Waals surface area (Å²) in [6.07, 6.45) is 2.20. The Hall–Kier alpha value is -2.15. The number of carboxylic acid groups (broad SMARTS) is 1. The van der Waals surface area contributed by atoms with Crippen LogP contribution in [0.4, 0.5) is 4.39 Å². The fraction of sp³-hybridized carbons (Fsp3) is 0.556. The van der Waals surface area contributed by atoms with Crippen molar-refractivity contribution in [3.8, 4) is 5.75 Å². The van der Waals surface area contributed by atoms with Gasteiger partial charge in [-0.2, -0.15) is 0 Å². The number of aliphatic carboxylic acids is 1. The zero-order chi connectivity index (χ0) is 18.4. The molecule has 2 N–H and O–H groups in total. The molecule has 1 amide bonds. The van der Waals surface area contributed by atoms with Crippen LogP contribution in [0.3, 0.4) is 0 Å². The van der Waals surface area contributed by atoms with Crippen molar-refractivity contribution in [2.75, 3.05) is 26.8 Å². The Morgan fingerprint density at radius 1 is 1.40 bits per heavy atom. The van der Waals surface area contributed by atoms with Gasteiger partial charge in [-0.15, -0.1) is 0 Å². The van der Waals surface area contributed by atoms with Crippen LogP contribution in [0.5, 0.6) is 5.75 Å². The number of ether oxygens (including phenoxy) is 1. The van der Waals surface area contributed by atoms with Gasteiger partial charge in [-0.05, 0) is 43.4 Å². The number of hydrogen-bond donors (Lipinski definition) is 2. The van der Waals surface area contributed by atoms with Crippen LogP contribution in [0.1, 0.15) is 31.2 Å². The van der Waals surface area contributed by atoms with Crippen molar-refractivity contribution in [1.29, 1.82) is 0 Å². The molecule has 0 radical (unpaired) electrons. The lowest BCUT2D eigenvalue weighted by Gasteiger charge is -2.40. The Labute approximate surface area is 146 Å². The third-order valence-corrected chi connectivity index (χ3v) is 4.75. The number of carbonyl (C=O) groups is 2. The molecule has 0 unspecified atom stereocenters. The van der Waals surface area contributed by atoms with Gasteiger partial charge in [0.2, 0.25) is 5.91 Å². The molecule has 2 rings (SSSR count). The molecular formula is C18H24FNO5. The zero-order valence-electron chi connectivity index (χ0n) is 14.3. The number of carboxylic acids is 1. The first-order chi connectivity index (χ1) is 11.9. The number of methoxy groups -OCH3 is 1. The van der Waals surface area contributed by atoms with Crippen molar-refractivity contribution in [2.45, 2.75) is 32.1 Å². The van der Waals surface area contributed by atoms with Gasteiger partial charge in [-0.25, -0.2) is 4.39 Å². The summed E-state index contributed by atoms with van der Waals surface area (Å²) < 4.78 is 18.4. The Balaban J connectivity index is 2.06. The first kappa shape index (κ1) is 19.2. The van der Waals surface area contributed by atoms with Crippen LogP contribution in [-0.4, -0.2) is 53.8 Å². The summed E-state index contributed by atoms with van der Waals surface area (Å²) in [6, 6.07) is 3.82. The predicted molar refractivity (Wildman–Crippen MR) is 88.8 cm³/mol. The summed E-state index contributed by atoms with van der Waals surface area (Å²) in [7, 11) is 1.57. The van der Waals surface area contributed by atoms with Gasteiger partial charge in [0.05, 0.1) is 11.8 Å². The van der Waals surface area contributed by atoms with E-state index in [2.05, 4.69) is 0 Å². The molecule has 1 atom stereocenters. The second-order valence-electron chi connectivity index (χ2n) is 6.56. The highest BCUT2D eigenvalue weighted by Gasteiger charge is 2.43. The lowest BCUT2D eigenvalue weighted by Crippen LogP contribution is -2.50. The van der Waals surface area contributed by atoms with Crippen LogP contribution < -0.4 is 0 Å². The van der Waals surface area contributed by atoms with E-state index in [0.717, 1.165) is 6.07 Å². The monoisotopic (exact) mass is 353 g/mol. The number of rotatable bonds is 7. The average Bonchev–Trinajstić information content (AvgIpc) is 2.58. The molecule has 1 heterocycles. The molecule has 1 fully saturated rings. The van der Waals surface area contributed by atoms with E-state index in [1.54, 1.807) is 12.0 Å². The molecule has 0 aliphatic carbocycles. The standard InChI is InChI=1S/C18H24FNO5/c1-25-9-3-7-18(17(23)24)6-2-8-20(12-18)16(22)11-13-4-5-15(21)14(19)10-13/h4-5,10,21H,2-3,6-9,11-12H2,1H3,(H,23,24)/t18-/m1/s1. The molecule has 138 valence electrons. The Morgan fingerprint density at radius 3 is 2.80 bits per heavy atom. The topological polar surface area (TPSA) is 87.1 Å². The third kappa shape index (κ3) is 4.69. The number of benzene rings is 1. The maximum atomic E-state index is 13.4. The molecule has 0 spiro atoms. The van der Waals surface area contributed by atoms with Crippen molar-refractivity contribution in [1.82, 2.24) is 4.90 Å². The number of hydrogen-bond acceptors (Lipinski definition) is 4. The summed E-state index contributed by atoms with van der Waals surface area (Å²) in [5, 5.41) is 18.9. The molecule has 7 heteroatoms. The molecular weight excluding hydrogens is 329 g/mol. The van der Waals surface area contributed by atoms with Gasteiger partial charge in [-0.3, -0.25) is 9.59 Å². The minimum Gasteiger partial charge on any atom is -0.505 e. The number of phenols is 1. The molecule has 25 heavy (non-hydrogen) atoms. The smallest absolute Gasteiger partial charge is 0.311 e. The molecule has 1 aliphatic rings. The second kappa shape index (κ2) is 8.29. The second-order valence-corrected chi connectivity index (χ2v) is 6.56. The quantitative estimate of drug-likeness (QED) is 0.734. The van der Waals surface area contributed by atoms with Gasteiger partial charge in [-0.1, -0.05) is 6.07 Å². The number of nitrogens with zero attached hydrogens (tertiary/aromatic N) is 1. The number of halogens is 1.